The molecule has 0 aliphatic carbocycles. The second kappa shape index (κ2) is 8.68. The second-order valence-corrected chi connectivity index (χ2v) is 6.76. The number of nitrogens with one attached hydrogen (secondary N) is 2. The monoisotopic (exact) mass is 398 g/mol. The van der Waals surface area contributed by atoms with E-state index in [4.69, 9.17) is 4.74 Å². The minimum Gasteiger partial charge on any atom is -0.483 e. The van der Waals surface area contributed by atoms with Gasteiger partial charge < -0.3 is 15.4 Å². The van der Waals surface area contributed by atoms with Gasteiger partial charge in [-0.25, -0.2) is 8.78 Å². The number of anilines is 1. The van der Waals surface area contributed by atoms with Gasteiger partial charge in [0.15, 0.2) is 6.61 Å². The Morgan fingerprint density at radius 3 is 2.21 bits per heavy atom. The molecule has 2 amide bonds. The Bertz CT molecular complexity index is 1050. The predicted octanol–water partition coefficient (Wildman–Crippen LogP) is 4.27. The predicted molar refractivity (Wildman–Crippen MR) is 107 cm³/mol. The van der Waals surface area contributed by atoms with Crippen LogP contribution >= 0.6 is 0 Å². The van der Waals surface area contributed by atoms with Crippen LogP contribution in [0.3, 0.4) is 0 Å². The number of carbonyl (C=O) groups excluding carboxylic acids is 2. The van der Waals surface area contributed by atoms with E-state index >= 15 is 0 Å². The highest BCUT2D eigenvalue weighted by Crippen LogP contribution is 2.28. The number of rotatable bonds is 6. The van der Waals surface area contributed by atoms with Crippen molar-refractivity contribution in [1.82, 2.24) is 5.32 Å². The molecule has 0 aliphatic heterocycles. The largest absolute Gasteiger partial charge is 0.483 e. The molecule has 0 fully saturated rings. The first-order valence-corrected chi connectivity index (χ1v) is 9.05. The quantitative estimate of drug-likeness (QED) is 0.652. The fraction of sp³-hybridized carbons (Fsp3) is 0.182. The number of benzene rings is 3. The minimum atomic E-state index is -0.891. The van der Waals surface area contributed by atoms with Crippen LogP contribution in [0.4, 0.5) is 14.5 Å². The van der Waals surface area contributed by atoms with E-state index in [2.05, 4.69) is 10.6 Å². The number of amides is 2. The molecule has 150 valence electrons. The normalized spacial score (nSPS) is 10.8. The standard InChI is InChI=1S/C22H20F2N2O3/c1-13(2)25-20(27)12-29-19-11-15-7-4-3-6-14(15)10-16(19)22(28)26-21-17(23)8-5-9-18(21)24/h3-11,13H,12H2,1-2H3,(H,25,27)(H,26,28). The summed E-state index contributed by atoms with van der Waals surface area (Å²) in [5, 5.41) is 6.47. The fourth-order valence-corrected chi connectivity index (χ4v) is 2.82. The van der Waals surface area contributed by atoms with E-state index in [1.165, 1.54) is 6.07 Å². The number of fused-ring (bicyclic) bond motifs is 1. The van der Waals surface area contributed by atoms with Crippen molar-refractivity contribution < 1.29 is 23.1 Å². The molecule has 2 N–H and O–H groups in total. The summed E-state index contributed by atoms with van der Waals surface area (Å²) in [4.78, 5) is 24.7. The molecule has 0 atom stereocenters. The number of para-hydroxylation sites is 1. The molecule has 0 bridgehead atoms. The molecule has 3 aromatic rings. The molecule has 0 unspecified atom stereocenters. The average molecular weight is 398 g/mol. The molecule has 0 saturated heterocycles. The molecule has 0 saturated carbocycles. The summed E-state index contributed by atoms with van der Waals surface area (Å²) in [7, 11) is 0. The van der Waals surface area contributed by atoms with Crippen molar-refractivity contribution in [3.63, 3.8) is 0 Å². The Labute approximate surface area is 166 Å². The summed E-state index contributed by atoms with van der Waals surface area (Å²) in [6.07, 6.45) is 0. The van der Waals surface area contributed by atoms with Crippen molar-refractivity contribution in [2.24, 2.45) is 0 Å². The lowest BCUT2D eigenvalue weighted by Crippen LogP contribution is -2.34. The summed E-state index contributed by atoms with van der Waals surface area (Å²) in [6.45, 7) is 3.33. The third-order valence-corrected chi connectivity index (χ3v) is 4.10. The van der Waals surface area contributed by atoms with Crippen LogP contribution in [0.5, 0.6) is 5.75 Å². The van der Waals surface area contributed by atoms with Crippen LogP contribution in [0.15, 0.2) is 54.6 Å². The van der Waals surface area contributed by atoms with Gasteiger partial charge in [0.05, 0.1) is 5.56 Å². The van der Waals surface area contributed by atoms with Crippen molar-refractivity contribution >= 4 is 28.3 Å². The van der Waals surface area contributed by atoms with Gasteiger partial charge in [-0.2, -0.15) is 0 Å². The summed E-state index contributed by atoms with van der Waals surface area (Å²) >= 11 is 0. The molecule has 0 aromatic heterocycles. The average Bonchev–Trinajstić information content (AvgIpc) is 2.68. The zero-order valence-corrected chi connectivity index (χ0v) is 16.0. The zero-order valence-electron chi connectivity index (χ0n) is 16.0. The second-order valence-electron chi connectivity index (χ2n) is 6.76. The maximum absolute atomic E-state index is 13.9. The van der Waals surface area contributed by atoms with Gasteiger partial charge in [0, 0.05) is 6.04 Å². The lowest BCUT2D eigenvalue weighted by Gasteiger charge is -2.15. The lowest BCUT2D eigenvalue weighted by molar-refractivity contribution is -0.123. The highest BCUT2D eigenvalue weighted by atomic mass is 19.1. The van der Waals surface area contributed by atoms with E-state index in [0.29, 0.717) is 0 Å². The van der Waals surface area contributed by atoms with Gasteiger partial charge in [0.1, 0.15) is 23.1 Å². The molecule has 0 radical (unpaired) electrons. The Balaban J connectivity index is 1.93. The van der Waals surface area contributed by atoms with Crippen molar-refractivity contribution in [2.45, 2.75) is 19.9 Å². The first-order valence-electron chi connectivity index (χ1n) is 9.05. The molecule has 5 nitrogen and oxygen atoms in total. The Kier molecular flexibility index (Phi) is 6.07. The molecule has 0 heterocycles. The molecule has 7 heteroatoms. The maximum Gasteiger partial charge on any atom is 0.259 e. The zero-order chi connectivity index (χ0) is 21.0. The van der Waals surface area contributed by atoms with Crippen LogP contribution in [0.1, 0.15) is 24.2 Å². The van der Waals surface area contributed by atoms with Crippen LogP contribution in [-0.4, -0.2) is 24.5 Å². The number of ether oxygens (including phenoxy) is 1. The molecular weight excluding hydrogens is 378 g/mol. The maximum atomic E-state index is 13.9. The SMILES string of the molecule is CC(C)NC(=O)COc1cc2ccccc2cc1C(=O)Nc1c(F)cccc1F. The van der Waals surface area contributed by atoms with Crippen molar-refractivity contribution in [3.8, 4) is 5.75 Å². The highest BCUT2D eigenvalue weighted by molar-refractivity contribution is 6.09. The van der Waals surface area contributed by atoms with Gasteiger partial charge in [-0.15, -0.1) is 0 Å². The van der Waals surface area contributed by atoms with E-state index in [0.717, 1.165) is 22.9 Å². The molecule has 0 aliphatic rings. The van der Waals surface area contributed by atoms with Crippen molar-refractivity contribution in [1.29, 1.82) is 0 Å². The van der Waals surface area contributed by atoms with Crippen molar-refractivity contribution in [3.05, 3.63) is 71.8 Å². The fourth-order valence-electron chi connectivity index (χ4n) is 2.82. The number of halogens is 2. The molecular formula is C22H20F2N2O3. The van der Waals surface area contributed by atoms with E-state index < -0.39 is 23.2 Å². The number of carbonyl (C=O) groups is 2. The molecule has 29 heavy (non-hydrogen) atoms. The first kappa shape index (κ1) is 20.3. The van der Waals surface area contributed by atoms with Gasteiger partial charge in [-0.05, 0) is 48.9 Å². The van der Waals surface area contributed by atoms with Gasteiger partial charge in [-0.1, -0.05) is 30.3 Å². The van der Waals surface area contributed by atoms with Gasteiger partial charge >= 0.3 is 0 Å². The summed E-state index contributed by atoms with van der Waals surface area (Å²) in [6, 6.07) is 13.7. The van der Waals surface area contributed by atoms with E-state index in [1.807, 2.05) is 26.0 Å². The minimum absolute atomic E-state index is 0.0590. The molecule has 3 aromatic carbocycles. The number of hydrogen-bond donors (Lipinski definition) is 2. The topological polar surface area (TPSA) is 67.4 Å². The smallest absolute Gasteiger partial charge is 0.259 e. The van der Waals surface area contributed by atoms with Crippen LogP contribution in [0.2, 0.25) is 0 Å². The highest BCUT2D eigenvalue weighted by Gasteiger charge is 2.19. The third-order valence-electron chi connectivity index (χ3n) is 4.10. The molecule has 0 spiro atoms. The Morgan fingerprint density at radius 2 is 1.59 bits per heavy atom. The van der Waals surface area contributed by atoms with Crippen LogP contribution in [0, 0.1) is 11.6 Å². The van der Waals surface area contributed by atoms with Crippen molar-refractivity contribution in [2.75, 3.05) is 11.9 Å². The van der Waals surface area contributed by atoms with E-state index in [-0.39, 0.29) is 29.9 Å². The molecule has 3 rings (SSSR count). The van der Waals surface area contributed by atoms with Crippen LogP contribution in [-0.2, 0) is 4.79 Å². The Morgan fingerprint density at radius 1 is 0.966 bits per heavy atom. The first-order chi connectivity index (χ1) is 13.8. The summed E-state index contributed by atoms with van der Waals surface area (Å²) in [5.41, 5.74) is -0.488. The lowest BCUT2D eigenvalue weighted by atomic mass is 10.1. The van der Waals surface area contributed by atoms with E-state index in [9.17, 15) is 18.4 Å². The van der Waals surface area contributed by atoms with E-state index in [1.54, 1.807) is 24.3 Å². The Hall–Kier alpha value is -3.48. The van der Waals surface area contributed by atoms with Crippen LogP contribution < -0.4 is 15.4 Å². The van der Waals surface area contributed by atoms with Gasteiger partial charge in [-0.3, -0.25) is 9.59 Å². The third kappa shape index (κ3) is 4.87. The summed E-state index contributed by atoms with van der Waals surface area (Å²) in [5.74, 6) is -2.74. The summed E-state index contributed by atoms with van der Waals surface area (Å²) < 4.78 is 33.4. The van der Waals surface area contributed by atoms with Crippen LogP contribution in [0.25, 0.3) is 10.8 Å². The van der Waals surface area contributed by atoms with Gasteiger partial charge in [0.2, 0.25) is 0 Å². The number of hydrogen-bond acceptors (Lipinski definition) is 3. The van der Waals surface area contributed by atoms with Gasteiger partial charge in [0.25, 0.3) is 11.8 Å².